The molecule has 7 heteroatoms. The Balaban J connectivity index is 2.80. The second-order valence-corrected chi connectivity index (χ2v) is 7.26. The number of benzene rings is 1. The first-order valence-electron chi connectivity index (χ1n) is 7.12. The summed E-state index contributed by atoms with van der Waals surface area (Å²) < 4.78 is 31.2. The van der Waals surface area contributed by atoms with Crippen LogP contribution in [0.5, 0.6) is 0 Å². The van der Waals surface area contributed by atoms with Crippen molar-refractivity contribution in [1.29, 1.82) is 0 Å². The van der Waals surface area contributed by atoms with E-state index in [4.69, 9.17) is 4.74 Å². The molecule has 0 heterocycles. The fourth-order valence-corrected chi connectivity index (χ4v) is 3.00. The van der Waals surface area contributed by atoms with Gasteiger partial charge in [-0.15, -0.1) is 0 Å². The molecule has 0 atom stereocenters. The standard InChI is InChI=1S/C15H24N2O4S/c1-12(2)11-17(3)15(18)13-5-7-14(8-6-13)22(19,20)16-9-10-21-4/h5-8,12,16H,9-11H2,1-4H3. The van der Waals surface area contributed by atoms with E-state index in [2.05, 4.69) is 4.72 Å². The molecule has 0 saturated carbocycles. The van der Waals surface area contributed by atoms with Crippen molar-refractivity contribution < 1.29 is 17.9 Å². The lowest BCUT2D eigenvalue weighted by Gasteiger charge is -2.19. The van der Waals surface area contributed by atoms with E-state index in [-0.39, 0.29) is 17.3 Å². The molecular formula is C15H24N2O4S. The number of sulfonamides is 1. The van der Waals surface area contributed by atoms with Crippen LogP contribution in [0, 0.1) is 5.92 Å². The van der Waals surface area contributed by atoms with Crippen molar-refractivity contribution in [3.8, 4) is 0 Å². The van der Waals surface area contributed by atoms with Gasteiger partial charge in [-0.25, -0.2) is 13.1 Å². The van der Waals surface area contributed by atoms with Crippen LogP contribution in [0.4, 0.5) is 0 Å². The number of carbonyl (C=O) groups excluding carboxylic acids is 1. The zero-order valence-corrected chi connectivity index (χ0v) is 14.3. The quantitative estimate of drug-likeness (QED) is 0.731. The van der Waals surface area contributed by atoms with Gasteiger partial charge in [0.15, 0.2) is 0 Å². The van der Waals surface area contributed by atoms with Crippen LogP contribution >= 0.6 is 0 Å². The average Bonchev–Trinajstić information content (AvgIpc) is 2.46. The first-order chi connectivity index (χ1) is 10.3. The van der Waals surface area contributed by atoms with Crippen LogP contribution in [0.1, 0.15) is 24.2 Å². The second kappa shape index (κ2) is 8.26. The highest BCUT2D eigenvalue weighted by Crippen LogP contribution is 2.12. The molecule has 0 bridgehead atoms. The Morgan fingerprint density at radius 2 is 1.86 bits per heavy atom. The minimum absolute atomic E-state index is 0.120. The van der Waals surface area contributed by atoms with E-state index in [9.17, 15) is 13.2 Å². The lowest BCUT2D eigenvalue weighted by atomic mass is 10.1. The molecule has 0 aliphatic rings. The molecule has 124 valence electrons. The summed E-state index contributed by atoms with van der Waals surface area (Å²) in [6.45, 7) is 5.22. The van der Waals surface area contributed by atoms with E-state index < -0.39 is 10.0 Å². The molecule has 0 saturated heterocycles. The van der Waals surface area contributed by atoms with E-state index in [1.54, 1.807) is 11.9 Å². The Kier molecular flexibility index (Phi) is 6.99. The van der Waals surface area contributed by atoms with Gasteiger partial charge in [0.05, 0.1) is 11.5 Å². The first-order valence-corrected chi connectivity index (χ1v) is 8.60. The SMILES string of the molecule is COCCNS(=O)(=O)c1ccc(C(=O)N(C)CC(C)C)cc1. The summed E-state index contributed by atoms with van der Waals surface area (Å²) >= 11 is 0. The van der Waals surface area contributed by atoms with Gasteiger partial charge in [-0.2, -0.15) is 0 Å². The van der Waals surface area contributed by atoms with Gasteiger partial charge in [0.25, 0.3) is 5.91 Å². The maximum Gasteiger partial charge on any atom is 0.253 e. The van der Waals surface area contributed by atoms with Gasteiger partial charge in [-0.1, -0.05) is 13.8 Å². The zero-order chi connectivity index (χ0) is 16.8. The number of rotatable bonds is 8. The summed E-state index contributed by atoms with van der Waals surface area (Å²) in [4.78, 5) is 14.0. The molecule has 0 aromatic heterocycles. The molecule has 0 radical (unpaired) electrons. The summed E-state index contributed by atoms with van der Waals surface area (Å²) in [5, 5.41) is 0. The molecule has 0 aliphatic heterocycles. The highest BCUT2D eigenvalue weighted by molar-refractivity contribution is 7.89. The highest BCUT2D eigenvalue weighted by atomic mass is 32.2. The molecule has 0 fully saturated rings. The number of nitrogens with one attached hydrogen (secondary N) is 1. The number of amides is 1. The van der Waals surface area contributed by atoms with Gasteiger partial charge >= 0.3 is 0 Å². The Morgan fingerprint density at radius 1 is 1.27 bits per heavy atom. The molecule has 22 heavy (non-hydrogen) atoms. The molecule has 0 unspecified atom stereocenters. The van der Waals surface area contributed by atoms with Gasteiger partial charge < -0.3 is 9.64 Å². The Bertz CT molecular complexity index is 582. The van der Waals surface area contributed by atoms with Crippen LogP contribution in [0.3, 0.4) is 0 Å². The fourth-order valence-electron chi connectivity index (χ4n) is 1.99. The van der Waals surface area contributed by atoms with Crippen LogP contribution in [0.2, 0.25) is 0 Å². The van der Waals surface area contributed by atoms with Gasteiger partial charge in [-0.3, -0.25) is 4.79 Å². The van der Waals surface area contributed by atoms with E-state index in [1.165, 1.54) is 31.4 Å². The number of hydrogen-bond acceptors (Lipinski definition) is 4. The van der Waals surface area contributed by atoms with Crippen LogP contribution in [-0.2, 0) is 14.8 Å². The molecule has 6 nitrogen and oxygen atoms in total. The third kappa shape index (κ3) is 5.40. The molecule has 0 aliphatic carbocycles. The molecule has 0 spiro atoms. The summed E-state index contributed by atoms with van der Waals surface area (Å²) in [7, 11) is -0.331. The van der Waals surface area contributed by atoms with Crippen molar-refractivity contribution in [2.75, 3.05) is 33.9 Å². The second-order valence-electron chi connectivity index (χ2n) is 5.49. The third-order valence-corrected chi connectivity index (χ3v) is 4.47. The molecule has 1 aromatic rings. The van der Waals surface area contributed by atoms with Crippen molar-refractivity contribution >= 4 is 15.9 Å². The summed E-state index contributed by atoms with van der Waals surface area (Å²) in [6.07, 6.45) is 0. The van der Waals surface area contributed by atoms with Crippen molar-refractivity contribution in [3.05, 3.63) is 29.8 Å². The molecule has 1 rings (SSSR count). The van der Waals surface area contributed by atoms with Gasteiger partial charge in [-0.05, 0) is 30.2 Å². The van der Waals surface area contributed by atoms with Crippen molar-refractivity contribution in [2.24, 2.45) is 5.92 Å². The number of hydrogen-bond donors (Lipinski definition) is 1. The Morgan fingerprint density at radius 3 is 2.36 bits per heavy atom. The van der Waals surface area contributed by atoms with E-state index in [1.807, 2.05) is 13.8 Å². The predicted octanol–water partition coefficient (Wildman–Crippen LogP) is 1.34. The maximum atomic E-state index is 12.2. The average molecular weight is 328 g/mol. The first kappa shape index (κ1) is 18.6. The smallest absolute Gasteiger partial charge is 0.253 e. The third-order valence-electron chi connectivity index (χ3n) is 3.00. The monoisotopic (exact) mass is 328 g/mol. The lowest BCUT2D eigenvalue weighted by molar-refractivity contribution is 0.0779. The number of carbonyl (C=O) groups is 1. The van der Waals surface area contributed by atoms with Gasteiger partial charge in [0.1, 0.15) is 0 Å². The van der Waals surface area contributed by atoms with Gasteiger partial charge in [0.2, 0.25) is 10.0 Å². The lowest BCUT2D eigenvalue weighted by Crippen LogP contribution is -2.30. The van der Waals surface area contributed by atoms with Crippen LogP contribution in [0.15, 0.2) is 29.2 Å². The number of methoxy groups -OCH3 is 1. The summed E-state index contributed by atoms with van der Waals surface area (Å²) in [6, 6.07) is 5.94. The van der Waals surface area contributed by atoms with Gasteiger partial charge in [0, 0.05) is 32.8 Å². The minimum atomic E-state index is -3.57. The van der Waals surface area contributed by atoms with Crippen LogP contribution in [-0.4, -0.2) is 53.1 Å². The predicted molar refractivity (Wildman–Crippen MR) is 85.3 cm³/mol. The molecule has 1 N–H and O–H groups in total. The van der Waals surface area contributed by atoms with Crippen molar-refractivity contribution in [3.63, 3.8) is 0 Å². The van der Waals surface area contributed by atoms with Crippen molar-refractivity contribution in [2.45, 2.75) is 18.7 Å². The number of ether oxygens (including phenoxy) is 1. The fraction of sp³-hybridized carbons (Fsp3) is 0.533. The van der Waals surface area contributed by atoms with E-state index in [0.717, 1.165) is 0 Å². The largest absolute Gasteiger partial charge is 0.383 e. The van der Waals surface area contributed by atoms with Crippen LogP contribution in [0.25, 0.3) is 0 Å². The maximum absolute atomic E-state index is 12.2. The Hall–Kier alpha value is -1.44. The Labute approximate surface area is 132 Å². The minimum Gasteiger partial charge on any atom is -0.383 e. The molecular weight excluding hydrogens is 304 g/mol. The summed E-state index contributed by atoms with van der Waals surface area (Å²) in [5.74, 6) is 0.253. The van der Waals surface area contributed by atoms with E-state index in [0.29, 0.717) is 24.6 Å². The van der Waals surface area contributed by atoms with Crippen molar-refractivity contribution in [1.82, 2.24) is 9.62 Å². The van der Waals surface area contributed by atoms with Crippen LogP contribution < -0.4 is 4.72 Å². The zero-order valence-electron chi connectivity index (χ0n) is 13.5. The van der Waals surface area contributed by atoms with E-state index >= 15 is 0 Å². The molecule has 1 aromatic carbocycles. The normalized spacial score (nSPS) is 11.7. The molecule has 1 amide bonds. The topological polar surface area (TPSA) is 75.7 Å². The number of nitrogens with zero attached hydrogens (tertiary/aromatic N) is 1. The summed E-state index contributed by atoms with van der Waals surface area (Å²) in [5.41, 5.74) is 0.471. The highest BCUT2D eigenvalue weighted by Gasteiger charge is 2.16.